The third kappa shape index (κ3) is 5.68. The van der Waals surface area contributed by atoms with Crippen LogP contribution in [0.4, 0.5) is 0 Å². The standard InChI is InChI=1S/C16H13ClNO2S.C6H6O3S/c1-20-16(19)15(12-4-2-3-5-13(12)17)18-8-6-14-11(10-18)7-9-21-14;7-10(8,9)6-4-2-1-3-5-6/h2-10,15H,1H3;1-5H,(H,7,8,9)/q+1;/p-1/t15-;/m0./s1. The number of fused-ring (bicyclic) bond motifs is 1. The Bertz CT molecular complexity index is 1290. The summed E-state index contributed by atoms with van der Waals surface area (Å²) in [5.74, 6) is -0.345. The molecule has 4 rings (SSSR count). The maximum absolute atomic E-state index is 12.2. The van der Waals surface area contributed by atoms with Crippen LogP contribution in [0.25, 0.3) is 10.1 Å². The van der Waals surface area contributed by atoms with Crippen LogP contribution in [0.5, 0.6) is 0 Å². The van der Waals surface area contributed by atoms with E-state index in [2.05, 4.69) is 0 Å². The molecule has 9 heteroatoms. The number of hydrogen-bond acceptors (Lipinski definition) is 6. The highest BCUT2D eigenvalue weighted by Gasteiger charge is 2.32. The van der Waals surface area contributed by atoms with Gasteiger partial charge in [-0.05, 0) is 29.6 Å². The summed E-state index contributed by atoms with van der Waals surface area (Å²) < 4.78 is 38.8. The maximum atomic E-state index is 12.2. The Kier molecular flexibility index (Phi) is 7.40. The largest absolute Gasteiger partial charge is 0.744 e. The van der Waals surface area contributed by atoms with Gasteiger partial charge in [-0.15, -0.1) is 11.3 Å². The highest BCUT2D eigenvalue weighted by molar-refractivity contribution is 7.85. The molecule has 1 atom stereocenters. The van der Waals surface area contributed by atoms with Gasteiger partial charge in [-0.3, -0.25) is 0 Å². The number of aromatic nitrogens is 1. The van der Waals surface area contributed by atoms with Gasteiger partial charge in [-0.1, -0.05) is 48.0 Å². The molecule has 0 bridgehead atoms. The number of ether oxygens (including phenoxy) is 1. The normalized spacial score (nSPS) is 12.0. The van der Waals surface area contributed by atoms with Gasteiger partial charge in [0.1, 0.15) is 10.1 Å². The van der Waals surface area contributed by atoms with E-state index >= 15 is 0 Å². The molecule has 0 radical (unpaired) electrons. The number of hydrogen-bond donors (Lipinski definition) is 0. The van der Waals surface area contributed by atoms with E-state index in [9.17, 15) is 17.8 Å². The minimum atomic E-state index is -4.25. The summed E-state index contributed by atoms with van der Waals surface area (Å²) in [6, 6.07) is 17.9. The van der Waals surface area contributed by atoms with Gasteiger partial charge in [0.25, 0.3) is 6.04 Å². The number of halogens is 1. The maximum Gasteiger partial charge on any atom is 0.380 e. The van der Waals surface area contributed by atoms with E-state index in [1.54, 1.807) is 23.5 Å². The van der Waals surface area contributed by atoms with Crippen molar-refractivity contribution in [3.05, 3.63) is 95.1 Å². The van der Waals surface area contributed by atoms with Crippen LogP contribution in [0.15, 0.2) is 89.4 Å². The molecule has 0 saturated heterocycles. The summed E-state index contributed by atoms with van der Waals surface area (Å²) in [5, 5.41) is 3.66. The molecule has 31 heavy (non-hydrogen) atoms. The van der Waals surface area contributed by atoms with E-state index in [1.807, 2.05) is 52.7 Å². The smallest absolute Gasteiger partial charge is 0.380 e. The SMILES string of the molecule is COC(=O)[C@H](c1ccccc1Cl)[n+]1ccc2sccc2c1.O=S(=O)([O-])c1ccccc1. The zero-order valence-electron chi connectivity index (χ0n) is 16.3. The topological polar surface area (TPSA) is 87.4 Å². The fourth-order valence-electron chi connectivity index (χ4n) is 2.90. The second-order valence-electron chi connectivity index (χ2n) is 6.35. The first-order valence-electron chi connectivity index (χ1n) is 9.02. The first kappa shape index (κ1) is 22.9. The van der Waals surface area contributed by atoms with Crippen molar-refractivity contribution in [3.63, 3.8) is 0 Å². The minimum absolute atomic E-state index is 0.185. The van der Waals surface area contributed by atoms with Crippen molar-refractivity contribution >= 4 is 49.1 Å². The van der Waals surface area contributed by atoms with E-state index in [0.717, 1.165) is 10.9 Å². The molecule has 2 aromatic heterocycles. The highest BCUT2D eigenvalue weighted by atomic mass is 35.5. The number of methoxy groups -OCH3 is 1. The van der Waals surface area contributed by atoms with Crippen molar-refractivity contribution in [1.29, 1.82) is 0 Å². The van der Waals surface area contributed by atoms with Gasteiger partial charge in [0.05, 0.1) is 28.0 Å². The average molecular weight is 476 g/mol. The summed E-state index contributed by atoms with van der Waals surface area (Å²) in [7, 11) is -2.87. The third-order valence-electron chi connectivity index (χ3n) is 4.37. The predicted molar refractivity (Wildman–Crippen MR) is 118 cm³/mol. The first-order chi connectivity index (χ1) is 14.8. The molecule has 0 aliphatic rings. The molecule has 2 heterocycles. The Morgan fingerprint density at radius 3 is 2.35 bits per heavy atom. The molecule has 0 spiro atoms. The van der Waals surface area contributed by atoms with E-state index in [4.69, 9.17) is 16.3 Å². The third-order valence-corrected chi connectivity index (χ3v) is 6.46. The van der Waals surface area contributed by atoms with Crippen molar-refractivity contribution in [2.24, 2.45) is 0 Å². The molecule has 6 nitrogen and oxygen atoms in total. The Hall–Kier alpha value is -2.78. The number of nitrogens with zero attached hydrogens (tertiary/aromatic N) is 1. The van der Waals surface area contributed by atoms with Crippen molar-refractivity contribution in [3.8, 4) is 0 Å². The van der Waals surface area contributed by atoms with Crippen molar-refractivity contribution in [1.82, 2.24) is 0 Å². The monoisotopic (exact) mass is 475 g/mol. The number of carbonyl (C=O) groups excluding carboxylic acids is 1. The number of carbonyl (C=O) groups is 1. The molecule has 0 unspecified atom stereocenters. The quantitative estimate of drug-likeness (QED) is 0.251. The Morgan fingerprint density at radius 2 is 1.74 bits per heavy atom. The number of pyridine rings is 1. The van der Waals surface area contributed by atoms with Crippen molar-refractivity contribution in [2.75, 3.05) is 7.11 Å². The Labute approximate surface area is 189 Å². The summed E-state index contributed by atoms with van der Waals surface area (Å²) in [6.07, 6.45) is 3.82. The molecule has 0 saturated carbocycles. The fraction of sp³-hybridized carbons (Fsp3) is 0.0909. The van der Waals surface area contributed by atoms with Gasteiger partial charge in [0.15, 0.2) is 12.4 Å². The van der Waals surface area contributed by atoms with E-state index in [0.29, 0.717) is 5.02 Å². The molecule has 0 fully saturated rings. The number of benzene rings is 2. The van der Waals surface area contributed by atoms with Gasteiger partial charge in [0.2, 0.25) is 0 Å². The second kappa shape index (κ2) is 10.0. The van der Waals surface area contributed by atoms with Gasteiger partial charge >= 0.3 is 5.97 Å². The summed E-state index contributed by atoms with van der Waals surface area (Å²) in [6.45, 7) is 0. The van der Waals surface area contributed by atoms with E-state index in [1.165, 1.54) is 36.1 Å². The molecule has 0 aliphatic carbocycles. The molecular formula is C22H18ClNO5S2. The molecule has 0 amide bonds. The first-order valence-corrected chi connectivity index (χ1v) is 11.7. The van der Waals surface area contributed by atoms with E-state index in [-0.39, 0.29) is 10.9 Å². The fourth-order valence-corrected chi connectivity index (χ4v) is 4.38. The number of rotatable bonds is 4. The Morgan fingerprint density at radius 1 is 1.06 bits per heavy atom. The van der Waals surface area contributed by atoms with Crippen molar-refractivity contribution in [2.45, 2.75) is 10.9 Å². The van der Waals surface area contributed by atoms with Crippen LogP contribution >= 0.6 is 22.9 Å². The van der Waals surface area contributed by atoms with Crippen LogP contribution in [0, 0.1) is 0 Å². The predicted octanol–water partition coefficient (Wildman–Crippen LogP) is 4.20. The van der Waals surface area contributed by atoms with Crippen LogP contribution in [0.3, 0.4) is 0 Å². The van der Waals surface area contributed by atoms with Crippen LogP contribution in [-0.2, 0) is 19.6 Å². The molecule has 2 aromatic carbocycles. The van der Waals surface area contributed by atoms with Crippen LogP contribution in [0.2, 0.25) is 5.02 Å². The lowest BCUT2D eigenvalue weighted by Gasteiger charge is -2.12. The zero-order chi connectivity index (χ0) is 22.4. The van der Waals surface area contributed by atoms with Gasteiger partial charge in [-0.2, -0.15) is 4.57 Å². The van der Waals surface area contributed by atoms with Gasteiger partial charge < -0.3 is 9.29 Å². The molecule has 0 aliphatic heterocycles. The second-order valence-corrected chi connectivity index (χ2v) is 9.08. The zero-order valence-corrected chi connectivity index (χ0v) is 18.7. The lowest BCUT2D eigenvalue weighted by atomic mass is 10.1. The van der Waals surface area contributed by atoms with Gasteiger partial charge in [0, 0.05) is 10.8 Å². The van der Waals surface area contributed by atoms with Crippen molar-refractivity contribution < 1.29 is 27.1 Å². The number of esters is 1. The lowest BCUT2D eigenvalue weighted by molar-refractivity contribution is -0.700. The minimum Gasteiger partial charge on any atom is -0.744 e. The van der Waals surface area contributed by atoms with Crippen LogP contribution < -0.4 is 4.57 Å². The van der Waals surface area contributed by atoms with E-state index < -0.39 is 16.2 Å². The average Bonchev–Trinajstić information content (AvgIpc) is 3.24. The summed E-state index contributed by atoms with van der Waals surface area (Å²) in [4.78, 5) is 12.1. The molecule has 160 valence electrons. The molecule has 4 aromatic rings. The number of thiophene rings is 1. The molecule has 0 N–H and O–H groups in total. The lowest BCUT2D eigenvalue weighted by Crippen LogP contribution is -2.44. The van der Waals surface area contributed by atoms with Gasteiger partial charge in [-0.25, -0.2) is 13.2 Å². The van der Waals surface area contributed by atoms with Crippen LogP contribution in [-0.4, -0.2) is 26.0 Å². The Balaban J connectivity index is 0.000000229. The molecular weight excluding hydrogens is 458 g/mol. The summed E-state index contributed by atoms with van der Waals surface area (Å²) in [5.41, 5.74) is 0.727. The summed E-state index contributed by atoms with van der Waals surface area (Å²) >= 11 is 7.91. The van der Waals surface area contributed by atoms with Crippen LogP contribution in [0.1, 0.15) is 11.6 Å². The highest BCUT2D eigenvalue weighted by Crippen LogP contribution is 2.25.